The molecule has 1 aliphatic heterocycles. The molecule has 0 spiro atoms. The Balaban J connectivity index is 1.90. The summed E-state index contributed by atoms with van der Waals surface area (Å²) < 4.78 is 0. The average molecular weight is 274 g/mol. The monoisotopic (exact) mass is 274 g/mol. The third-order valence-corrected chi connectivity index (χ3v) is 3.82. The zero-order valence-corrected chi connectivity index (χ0v) is 12.2. The fourth-order valence-corrected chi connectivity index (χ4v) is 2.38. The van der Waals surface area contributed by atoms with Crippen LogP contribution in [-0.2, 0) is 4.79 Å². The predicted molar refractivity (Wildman–Crippen MR) is 78.9 cm³/mol. The molecule has 0 bridgehead atoms. The van der Waals surface area contributed by atoms with E-state index in [-0.39, 0.29) is 5.78 Å². The van der Waals surface area contributed by atoms with Crippen molar-refractivity contribution in [1.29, 1.82) is 0 Å². The fraction of sp³-hybridized carbons (Fsp3) is 0.500. The molecule has 0 radical (unpaired) electrons. The number of amides is 1. The highest BCUT2D eigenvalue weighted by atomic mass is 16.1. The summed E-state index contributed by atoms with van der Waals surface area (Å²) in [5.41, 5.74) is 2.02. The molecule has 0 saturated carbocycles. The molecule has 1 fully saturated rings. The van der Waals surface area contributed by atoms with Gasteiger partial charge in [-0.3, -0.25) is 14.5 Å². The molecule has 0 N–H and O–H groups in total. The number of carbonyl (C=O) groups excluding carboxylic acids is 2. The van der Waals surface area contributed by atoms with Crippen molar-refractivity contribution in [2.45, 2.75) is 19.8 Å². The van der Waals surface area contributed by atoms with E-state index in [0.717, 1.165) is 25.1 Å². The second-order valence-electron chi connectivity index (χ2n) is 5.62. The highest BCUT2D eigenvalue weighted by molar-refractivity contribution is 5.97. The number of ketones is 1. The highest BCUT2D eigenvalue weighted by Crippen LogP contribution is 2.15. The maximum Gasteiger partial charge on any atom is 0.209 e. The van der Waals surface area contributed by atoms with Gasteiger partial charge in [-0.1, -0.05) is 38.1 Å². The van der Waals surface area contributed by atoms with Gasteiger partial charge in [-0.15, -0.1) is 0 Å². The van der Waals surface area contributed by atoms with Gasteiger partial charge in [-0.05, 0) is 11.5 Å². The molecule has 1 aromatic rings. The number of Topliss-reactive ketones (excluding diaryl/α,β-unsaturated/α-hetero) is 1. The summed E-state index contributed by atoms with van der Waals surface area (Å²) >= 11 is 0. The zero-order chi connectivity index (χ0) is 14.5. The first-order valence-electron chi connectivity index (χ1n) is 7.15. The Labute approximate surface area is 120 Å². The number of rotatable bonds is 5. The number of carbonyl (C=O) groups is 2. The van der Waals surface area contributed by atoms with E-state index in [1.165, 1.54) is 5.56 Å². The van der Waals surface area contributed by atoms with Crippen LogP contribution in [0, 0.1) is 0 Å². The highest BCUT2D eigenvalue weighted by Gasteiger charge is 2.18. The van der Waals surface area contributed by atoms with Crippen LogP contribution in [-0.4, -0.2) is 54.7 Å². The van der Waals surface area contributed by atoms with Gasteiger partial charge in [0, 0.05) is 31.7 Å². The summed E-state index contributed by atoms with van der Waals surface area (Å²) in [5, 5.41) is 0. The Hall–Kier alpha value is -1.68. The maximum absolute atomic E-state index is 12.2. The molecule has 2 rings (SSSR count). The summed E-state index contributed by atoms with van der Waals surface area (Å²) in [6.07, 6.45) is 0.879. The lowest BCUT2D eigenvalue weighted by Crippen LogP contribution is -2.47. The van der Waals surface area contributed by atoms with E-state index in [4.69, 9.17) is 0 Å². The number of hydrogen-bond donors (Lipinski definition) is 0. The molecule has 1 aromatic carbocycles. The summed E-state index contributed by atoms with van der Waals surface area (Å²) in [7, 11) is 0. The summed E-state index contributed by atoms with van der Waals surface area (Å²) in [6, 6.07) is 7.89. The molecule has 0 unspecified atom stereocenters. The van der Waals surface area contributed by atoms with Gasteiger partial charge in [0.15, 0.2) is 5.78 Å². The van der Waals surface area contributed by atoms with Crippen LogP contribution in [0.1, 0.15) is 35.7 Å². The van der Waals surface area contributed by atoms with Crippen LogP contribution in [0.25, 0.3) is 0 Å². The van der Waals surface area contributed by atoms with Crippen molar-refractivity contribution in [2.24, 2.45) is 0 Å². The van der Waals surface area contributed by atoms with Crippen molar-refractivity contribution >= 4 is 12.2 Å². The van der Waals surface area contributed by atoms with Crippen LogP contribution in [0.2, 0.25) is 0 Å². The molecule has 108 valence electrons. The topological polar surface area (TPSA) is 40.6 Å². The molecule has 1 aliphatic rings. The van der Waals surface area contributed by atoms with Crippen LogP contribution >= 0.6 is 0 Å². The molecule has 1 heterocycles. The molecule has 1 saturated heterocycles. The van der Waals surface area contributed by atoms with Crippen molar-refractivity contribution in [3.8, 4) is 0 Å². The zero-order valence-electron chi connectivity index (χ0n) is 12.2. The first-order valence-corrected chi connectivity index (χ1v) is 7.15. The van der Waals surface area contributed by atoms with Gasteiger partial charge in [0.2, 0.25) is 6.41 Å². The first kappa shape index (κ1) is 14.7. The molecule has 4 nitrogen and oxygen atoms in total. The van der Waals surface area contributed by atoms with Gasteiger partial charge in [-0.25, -0.2) is 0 Å². The van der Waals surface area contributed by atoms with Crippen molar-refractivity contribution < 1.29 is 9.59 Å². The summed E-state index contributed by atoms with van der Waals surface area (Å²) in [5.74, 6) is 0.635. The second kappa shape index (κ2) is 6.66. The standard InChI is InChI=1S/C16H22N2O2/c1-13(2)14-3-5-15(6-4-14)16(20)11-17-7-9-18(12-19)10-8-17/h3-6,12-13H,7-11H2,1-2H3. The Morgan fingerprint density at radius 3 is 2.25 bits per heavy atom. The Morgan fingerprint density at radius 1 is 1.15 bits per heavy atom. The third kappa shape index (κ3) is 3.67. The average Bonchev–Trinajstić information content (AvgIpc) is 2.48. The number of hydrogen-bond acceptors (Lipinski definition) is 3. The minimum absolute atomic E-state index is 0.153. The Kier molecular flexibility index (Phi) is 4.90. The quantitative estimate of drug-likeness (QED) is 0.607. The van der Waals surface area contributed by atoms with E-state index < -0.39 is 0 Å². The van der Waals surface area contributed by atoms with Gasteiger partial charge in [0.05, 0.1) is 6.54 Å². The lowest BCUT2D eigenvalue weighted by Gasteiger charge is -2.31. The number of piperazine rings is 1. The number of benzene rings is 1. The Bertz CT molecular complexity index is 460. The third-order valence-electron chi connectivity index (χ3n) is 3.82. The molecule has 20 heavy (non-hydrogen) atoms. The molecule has 1 amide bonds. The van der Waals surface area contributed by atoms with Crippen molar-refractivity contribution in [2.75, 3.05) is 32.7 Å². The minimum atomic E-state index is 0.153. The molecule has 4 heteroatoms. The first-order chi connectivity index (χ1) is 9.60. The van der Waals surface area contributed by atoms with E-state index in [1.54, 1.807) is 4.90 Å². The van der Waals surface area contributed by atoms with Crippen molar-refractivity contribution in [3.05, 3.63) is 35.4 Å². The molecular weight excluding hydrogens is 252 g/mol. The van der Waals surface area contributed by atoms with Crippen LogP contribution < -0.4 is 0 Å². The molecule has 0 atom stereocenters. The normalized spacial score (nSPS) is 16.4. The lowest BCUT2D eigenvalue weighted by atomic mass is 10.0. The number of nitrogens with zero attached hydrogens (tertiary/aromatic N) is 2. The van der Waals surface area contributed by atoms with Crippen LogP contribution in [0.3, 0.4) is 0 Å². The van der Waals surface area contributed by atoms with Gasteiger partial charge in [0.1, 0.15) is 0 Å². The summed E-state index contributed by atoms with van der Waals surface area (Å²) in [4.78, 5) is 26.7. The lowest BCUT2D eigenvalue weighted by molar-refractivity contribution is -0.119. The van der Waals surface area contributed by atoms with Crippen LogP contribution in [0.5, 0.6) is 0 Å². The van der Waals surface area contributed by atoms with E-state index in [0.29, 0.717) is 25.6 Å². The minimum Gasteiger partial charge on any atom is -0.343 e. The predicted octanol–water partition coefficient (Wildman–Crippen LogP) is 1.77. The largest absolute Gasteiger partial charge is 0.343 e. The van der Waals surface area contributed by atoms with E-state index >= 15 is 0 Å². The van der Waals surface area contributed by atoms with Gasteiger partial charge in [-0.2, -0.15) is 0 Å². The van der Waals surface area contributed by atoms with Crippen LogP contribution in [0.4, 0.5) is 0 Å². The van der Waals surface area contributed by atoms with Crippen molar-refractivity contribution in [1.82, 2.24) is 9.80 Å². The van der Waals surface area contributed by atoms with Gasteiger partial charge < -0.3 is 4.90 Å². The molecular formula is C16H22N2O2. The molecule has 0 aliphatic carbocycles. The van der Waals surface area contributed by atoms with Gasteiger partial charge >= 0.3 is 0 Å². The van der Waals surface area contributed by atoms with Crippen LogP contribution in [0.15, 0.2) is 24.3 Å². The van der Waals surface area contributed by atoms with E-state index in [9.17, 15) is 9.59 Å². The van der Waals surface area contributed by atoms with E-state index in [1.807, 2.05) is 24.3 Å². The van der Waals surface area contributed by atoms with E-state index in [2.05, 4.69) is 18.7 Å². The fourth-order valence-electron chi connectivity index (χ4n) is 2.38. The van der Waals surface area contributed by atoms with Gasteiger partial charge in [0.25, 0.3) is 0 Å². The molecule has 0 aromatic heterocycles. The SMILES string of the molecule is CC(C)c1ccc(C(=O)CN2CCN(C=O)CC2)cc1. The second-order valence-corrected chi connectivity index (χ2v) is 5.62. The Morgan fingerprint density at radius 2 is 1.75 bits per heavy atom. The maximum atomic E-state index is 12.2. The summed E-state index contributed by atoms with van der Waals surface area (Å²) in [6.45, 7) is 7.69. The van der Waals surface area contributed by atoms with Crippen molar-refractivity contribution in [3.63, 3.8) is 0 Å². The smallest absolute Gasteiger partial charge is 0.209 e.